The first-order chi connectivity index (χ1) is 17.0. The predicted octanol–water partition coefficient (Wildman–Crippen LogP) is 5.63. The number of amides is 1. The first-order valence-corrected chi connectivity index (χ1v) is 12.6. The Morgan fingerprint density at radius 3 is 2.57 bits per heavy atom. The summed E-state index contributed by atoms with van der Waals surface area (Å²) < 4.78 is 10.9. The number of hydrogen-bond acceptors (Lipinski definition) is 5. The molecular weight excluding hydrogens is 464 g/mol. The molecule has 1 N–H and O–H groups in total. The molecule has 35 heavy (non-hydrogen) atoms. The molecular formula is C28H33ClN2O4. The third-order valence-corrected chi connectivity index (χ3v) is 7.26. The fraction of sp³-hybridized carbons (Fsp3) is 0.393. The number of likely N-dealkylation sites (N-methyl/N-ethyl adjacent to an activating group) is 1. The van der Waals surface area contributed by atoms with E-state index in [2.05, 4.69) is 4.90 Å². The summed E-state index contributed by atoms with van der Waals surface area (Å²) in [6.07, 6.45) is 4.09. The van der Waals surface area contributed by atoms with E-state index < -0.39 is 0 Å². The smallest absolute Gasteiger partial charge is 0.289 e. The molecule has 1 fully saturated rings. The standard InChI is InChI=1S/C28H33ClN2O4/c1-3-34-25-11-6-9-22(27(25)32)19-31-15-13-20(14-16-31)24(18-21-8-4-5-10-23(21)29)30(2)28(33)26-12-7-17-35-26/h4-12,17,20,24,32H,3,13-16,18-19H2,1-2H3. The minimum absolute atomic E-state index is 0.00988. The van der Waals surface area contributed by atoms with Crippen molar-refractivity contribution in [1.82, 2.24) is 9.80 Å². The molecule has 7 heteroatoms. The van der Waals surface area contributed by atoms with Crippen molar-refractivity contribution in [3.05, 3.63) is 82.8 Å². The van der Waals surface area contributed by atoms with E-state index in [1.807, 2.05) is 55.3 Å². The molecule has 6 nitrogen and oxygen atoms in total. The number of phenolic OH excluding ortho intramolecular Hbond substituents is 1. The number of phenols is 1. The third kappa shape index (κ3) is 6.00. The molecule has 1 saturated heterocycles. The van der Waals surface area contributed by atoms with Crippen LogP contribution < -0.4 is 4.74 Å². The van der Waals surface area contributed by atoms with Crippen molar-refractivity contribution in [2.24, 2.45) is 5.92 Å². The van der Waals surface area contributed by atoms with Gasteiger partial charge < -0.3 is 19.2 Å². The van der Waals surface area contributed by atoms with Gasteiger partial charge in [0.25, 0.3) is 5.91 Å². The van der Waals surface area contributed by atoms with Crippen molar-refractivity contribution in [2.75, 3.05) is 26.7 Å². The summed E-state index contributed by atoms with van der Waals surface area (Å²) in [6.45, 7) is 4.84. The summed E-state index contributed by atoms with van der Waals surface area (Å²) in [5.74, 6) is 1.29. The van der Waals surface area contributed by atoms with Gasteiger partial charge in [-0.1, -0.05) is 41.9 Å². The van der Waals surface area contributed by atoms with Crippen molar-refractivity contribution in [2.45, 2.75) is 38.8 Å². The summed E-state index contributed by atoms with van der Waals surface area (Å²) in [4.78, 5) is 17.3. The lowest BCUT2D eigenvalue weighted by molar-refractivity contribution is 0.0555. The van der Waals surface area contributed by atoms with Gasteiger partial charge in [0.1, 0.15) is 0 Å². The van der Waals surface area contributed by atoms with Crippen molar-refractivity contribution < 1.29 is 19.1 Å². The number of halogens is 1. The molecule has 0 bridgehead atoms. The molecule has 1 aromatic heterocycles. The van der Waals surface area contributed by atoms with Gasteiger partial charge >= 0.3 is 0 Å². The molecule has 1 atom stereocenters. The number of carbonyl (C=O) groups is 1. The number of para-hydroxylation sites is 1. The van der Waals surface area contributed by atoms with Crippen LogP contribution in [-0.2, 0) is 13.0 Å². The highest BCUT2D eigenvalue weighted by Crippen LogP contribution is 2.33. The van der Waals surface area contributed by atoms with Gasteiger partial charge in [0.15, 0.2) is 17.3 Å². The van der Waals surface area contributed by atoms with Crippen LogP contribution >= 0.6 is 11.6 Å². The van der Waals surface area contributed by atoms with Gasteiger partial charge in [-0.25, -0.2) is 0 Å². The molecule has 1 aliphatic rings. The lowest BCUT2D eigenvalue weighted by Crippen LogP contribution is -2.47. The number of carbonyl (C=O) groups excluding carboxylic acids is 1. The molecule has 1 aliphatic heterocycles. The minimum atomic E-state index is -0.118. The van der Waals surface area contributed by atoms with Crippen LogP contribution in [0.2, 0.25) is 5.02 Å². The number of rotatable bonds is 9. The second kappa shape index (κ2) is 11.6. The highest BCUT2D eigenvalue weighted by Gasteiger charge is 2.33. The van der Waals surface area contributed by atoms with E-state index >= 15 is 0 Å². The Morgan fingerprint density at radius 2 is 1.89 bits per heavy atom. The Hall–Kier alpha value is -2.96. The number of hydrogen-bond donors (Lipinski definition) is 1. The van der Waals surface area contributed by atoms with Gasteiger partial charge in [-0.3, -0.25) is 9.69 Å². The summed E-state index contributed by atoms with van der Waals surface area (Å²) in [5.41, 5.74) is 1.91. The molecule has 186 valence electrons. The molecule has 1 unspecified atom stereocenters. The molecule has 2 heterocycles. The van der Waals surface area contributed by atoms with Gasteiger partial charge in [0.2, 0.25) is 0 Å². The largest absolute Gasteiger partial charge is 0.504 e. The van der Waals surface area contributed by atoms with Gasteiger partial charge in [0.05, 0.1) is 12.9 Å². The number of aromatic hydroxyl groups is 1. The Bertz CT molecular complexity index is 1110. The number of furan rings is 1. The van der Waals surface area contributed by atoms with Crippen molar-refractivity contribution >= 4 is 17.5 Å². The van der Waals surface area contributed by atoms with Crippen LogP contribution in [0.1, 0.15) is 41.4 Å². The number of ether oxygens (including phenoxy) is 1. The van der Waals surface area contributed by atoms with Crippen molar-refractivity contribution in [3.8, 4) is 11.5 Å². The highest BCUT2D eigenvalue weighted by molar-refractivity contribution is 6.31. The highest BCUT2D eigenvalue weighted by atomic mass is 35.5. The average Bonchev–Trinajstić information content (AvgIpc) is 3.41. The minimum Gasteiger partial charge on any atom is -0.504 e. The summed E-state index contributed by atoms with van der Waals surface area (Å²) in [7, 11) is 1.86. The number of likely N-dealkylation sites (tertiary alicyclic amines) is 1. The zero-order chi connectivity index (χ0) is 24.8. The van der Waals surface area contributed by atoms with Crippen LogP contribution in [0.4, 0.5) is 0 Å². The second-order valence-electron chi connectivity index (χ2n) is 9.07. The molecule has 1 amide bonds. The first-order valence-electron chi connectivity index (χ1n) is 12.2. The fourth-order valence-electron chi connectivity index (χ4n) is 4.94. The molecule has 0 saturated carbocycles. The van der Waals surface area contributed by atoms with Gasteiger partial charge in [-0.15, -0.1) is 0 Å². The average molecular weight is 497 g/mol. The Balaban J connectivity index is 1.46. The summed E-state index contributed by atoms with van der Waals surface area (Å²) in [6, 6.07) is 16.9. The van der Waals surface area contributed by atoms with Crippen molar-refractivity contribution in [3.63, 3.8) is 0 Å². The van der Waals surface area contributed by atoms with Gasteiger partial charge in [-0.2, -0.15) is 0 Å². The van der Waals surface area contributed by atoms with E-state index in [9.17, 15) is 9.90 Å². The lowest BCUT2D eigenvalue weighted by atomic mass is 9.84. The lowest BCUT2D eigenvalue weighted by Gasteiger charge is -2.40. The predicted molar refractivity (Wildman–Crippen MR) is 137 cm³/mol. The topological polar surface area (TPSA) is 66.2 Å². The van der Waals surface area contributed by atoms with Crippen LogP contribution in [-0.4, -0.2) is 53.6 Å². The van der Waals surface area contributed by atoms with Crippen LogP contribution in [0.5, 0.6) is 11.5 Å². The van der Waals surface area contributed by atoms with E-state index in [1.165, 1.54) is 6.26 Å². The van der Waals surface area contributed by atoms with Crippen molar-refractivity contribution in [1.29, 1.82) is 0 Å². The monoisotopic (exact) mass is 496 g/mol. The van der Waals surface area contributed by atoms with Crippen LogP contribution in [0, 0.1) is 5.92 Å². The second-order valence-corrected chi connectivity index (χ2v) is 9.47. The molecule has 0 radical (unpaired) electrons. The first kappa shape index (κ1) is 25.1. The Labute approximate surface area is 212 Å². The number of benzene rings is 2. The third-order valence-electron chi connectivity index (χ3n) is 6.89. The maximum Gasteiger partial charge on any atom is 0.289 e. The maximum absolute atomic E-state index is 13.1. The Morgan fingerprint density at radius 1 is 1.14 bits per heavy atom. The van der Waals surface area contributed by atoms with Crippen LogP contribution in [0.15, 0.2) is 65.3 Å². The Kier molecular flexibility index (Phi) is 8.37. The SMILES string of the molecule is CCOc1cccc(CN2CCC(C(Cc3ccccc3Cl)N(C)C(=O)c3ccco3)CC2)c1O. The molecule has 0 spiro atoms. The van der Waals surface area contributed by atoms with E-state index in [0.717, 1.165) is 42.1 Å². The summed E-state index contributed by atoms with van der Waals surface area (Å²) >= 11 is 6.49. The van der Waals surface area contributed by atoms with Gasteiger partial charge in [0, 0.05) is 30.2 Å². The van der Waals surface area contributed by atoms with E-state index in [1.54, 1.807) is 18.2 Å². The molecule has 4 rings (SSSR count). The fourth-order valence-corrected chi connectivity index (χ4v) is 5.15. The van der Waals surface area contributed by atoms with E-state index in [4.69, 9.17) is 20.8 Å². The van der Waals surface area contributed by atoms with E-state index in [0.29, 0.717) is 37.0 Å². The molecule has 0 aliphatic carbocycles. The molecule has 3 aromatic rings. The molecule has 2 aromatic carbocycles. The maximum atomic E-state index is 13.1. The normalized spacial score (nSPS) is 15.6. The quantitative estimate of drug-likeness (QED) is 0.415. The van der Waals surface area contributed by atoms with E-state index in [-0.39, 0.29) is 17.7 Å². The van der Waals surface area contributed by atoms with Crippen LogP contribution in [0.25, 0.3) is 0 Å². The number of nitrogens with zero attached hydrogens (tertiary/aromatic N) is 2. The van der Waals surface area contributed by atoms with Crippen LogP contribution in [0.3, 0.4) is 0 Å². The number of piperidine rings is 1. The zero-order valence-electron chi connectivity index (χ0n) is 20.3. The zero-order valence-corrected chi connectivity index (χ0v) is 21.1. The van der Waals surface area contributed by atoms with Gasteiger partial charge in [-0.05, 0) is 75.0 Å². The summed E-state index contributed by atoms with van der Waals surface area (Å²) in [5, 5.41) is 11.3.